The summed E-state index contributed by atoms with van der Waals surface area (Å²) >= 11 is 5.14. The summed E-state index contributed by atoms with van der Waals surface area (Å²) in [6, 6.07) is 14.1. The van der Waals surface area contributed by atoms with Crippen LogP contribution in [0.2, 0.25) is 0 Å². The van der Waals surface area contributed by atoms with E-state index in [9.17, 15) is 74.4 Å². The second-order valence-electron chi connectivity index (χ2n) is 40.1. The van der Waals surface area contributed by atoms with Gasteiger partial charge < -0.3 is 84.4 Å². The van der Waals surface area contributed by atoms with Crippen LogP contribution in [0, 0.1) is 35.5 Å². The van der Waals surface area contributed by atoms with Crippen molar-refractivity contribution >= 4 is 52.2 Å². The van der Waals surface area contributed by atoms with Crippen LogP contribution in [0.25, 0.3) is 0 Å². The SMILES string of the molecule is C.C.C.C.O=C(Cl)C1CCC1.O=C(Oc1ccc2c3c1O[C@H]1C(=O)CC[C@@]4(O)[C@@H](C2)N(C(=O)C2CCC2)CC[C@]314)C1CCC1.O=C(Oc1ccc2c3c1O[C@H]1[C@@H](O)CC[C@@]4(O)[C@@H](C2)N(C(=O)C2CCC2)CC[C@]314)C1CCC1.O=C1CC[C@@]2(O)[C@H]3Cc4ccc(O)c5c4[C@@]2(CCN3)[C@H]1O5.Oc1ccc2c3c1O[C@H]1[C@@H](O)CC[C@@]4(O)[C@@H](C2)N(CC2CCC2)CC[C@]314. The van der Waals surface area contributed by atoms with Gasteiger partial charge in [-0.1, -0.05) is 92.5 Å². The molecule has 4 spiro atoms. The fourth-order valence-corrected chi connectivity index (χ4v) is 27.9. The number of halogens is 1. The number of amides is 2. The number of Topliss-reactive ketones (excluding diaryl/α,β-unsaturated/α-hetero) is 2. The maximum absolute atomic E-state index is 13.3. The van der Waals surface area contributed by atoms with Crippen molar-refractivity contribution in [3.63, 3.8) is 0 Å². The Labute approximate surface area is 731 Å². The molecule has 4 aromatic carbocycles. The fraction of sp³-hybridized carbons (Fsp3) is 0.684. The van der Waals surface area contributed by atoms with Gasteiger partial charge in [-0.3, -0.25) is 38.5 Å². The van der Waals surface area contributed by atoms with E-state index in [-0.39, 0.29) is 142 Å². The fourth-order valence-electron chi connectivity index (χ4n) is 27.7. The molecular weight excluding hydrogens is 1600 g/mol. The van der Waals surface area contributed by atoms with Crippen molar-refractivity contribution in [2.24, 2.45) is 35.5 Å². The van der Waals surface area contributed by atoms with Gasteiger partial charge in [0.25, 0.3) is 0 Å². The Morgan fingerprint density at radius 3 is 1.29 bits per heavy atom. The van der Waals surface area contributed by atoms with Gasteiger partial charge in [-0.05, 0) is 244 Å². The van der Waals surface area contributed by atoms with Crippen molar-refractivity contribution in [2.75, 3.05) is 32.7 Å². The third kappa shape index (κ3) is 11.8. The van der Waals surface area contributed by atoms with Crippen molar-refractivity contribution in [3.8, 4) is 46.0 Å². The number of carbonyl (C=O) groups is 7. The third-order valence-corrected chi connectivity index (χ3v) is 35.5. The number of ether oxygens (including phenoxy) is 6. The van der Waals surface area contributed by atoms with E-state index in [1.165, 1.54) is 31.2 Å². The van der Waals surface area contributed by atoms with Crippen LogP contribution in [0.3, 0.4) is 0 Å². The van der Waals surface area contributed by atoms with Gasteiger partial charge in [-0.2, -0.15) is 0 Å². The molecule has 0 unspecified atom stereocenters. The first-order valence-electron chi connectivity index (χ1n) is 45.5. The maximum atomic E-state index is 13.3. The second kappa shape index (κ2) is 31.2. The Kier molecular flexibility index (Phi) is 21.9. The first kappa shape index (κ1) is 87.2. The van der Waals surface area contributed by atoms with Crippen LogP contribution < -0.4 is 33.7 Å². The van der Waals surface area contributed by atoms with Crippen LogP contribution in [-0.2, 0) is 80.9 Å². The lowest BCUT2D eigenvalue weighted by atomic mass is 9.48. The smallest absolute Gasteiger partial charge is 0.314 e. The summed E-state index contributed by atoms with van der Waals surface area (Å²) in [4.78, 5) is 93.9. The zero-order valence-corrected chi connectivity index (χ0v) is 68.8. The molecule has 25 nitrogen and oxygen atoms in total. The minimum atomic E-state index is -1.22. The molecule has 22 aliphatic rings. The third-order valence-electron chi connectivity index (χ3n) is 35.2. The molecule has 14 aliphatic carbocycles. The number of esters is 2. The summed E-state index contributed by atoms with van der Waals surface area (Å²) in [5.74, 6) is 3.76. The molecule has 10 saturated carbocycles. The van der Waals surface area contributed by atoms with Gasteiger partial charge >= 0.3 is 11.9 Å². The average Bonchev–Trinajstić information content (AvgIpc) is 1.60. The average molecular weight is 1730 g/mol. The number of ketones is 2. The lowest BCUT2D eigenvalue weighted by Gasteiger charge is -2.64. The zero-order chi connectivity index (χ0) is 82.4. The summed E-state index contributed by atoms with van der Waals surface area (Å²) in [7, 11) is 0. The number of phenols is 2. The number of aliphatic hydroxyl groups excluding tert-OH is 2. The van der Waals surface area contributed by atoms with E-state index in [1.807, 2.05) is 34.1 Å². The molecule has 26 rings (SSSR count). The number of piperidine rings is 4. The molecule has 14 fully saturated rings. The van der Waals surface area contributed by atoms with Gasteiger partial charge in [0, 0.05) is 84.6 Å². The number of carbonyl (C=O) groups excluding carboxylic acids is 7. The highest BCUT2D eigenvalue weighted by molar-refractivity contribution is 6.64. The summed E-state index contributed by atoms with van der Waals surface area (Å²) in [6.07, 6.45) is 23.2. The molecule has 26 heteroatoms. The van der Waals surface area contributed by atoms with E-state index in [0.29, 0.717) is 131 Å². The topological polar surface area (TPSA) is 358 Å². The van der Waals surface area contributed by atoms with E-state index in [1.54, 1.807) is 24.3 Å². The maximum Gasteiger partial charge on any atom is 0.314 e. The lowest BCUT2D eigenvalue weighted by molar-refractivity contribution is -0.211. The molecule has 2 amide bonds. The normalized spacial score (nSPS) is 37.5. The Hall–Kier alpha value is -7.46. The number of likely N-dealkylation sites (tertiary alicyclic amines) is 3. The van der Waals surface area contributed by atoms with Crippen molar-refractivity contribution in [2.45, 2.75) is 353 Å². The quantitative estimate of drug-likeness (QED) is 0.0427. The number of benzene rings is 4. The van der Waals surface area contributed by atoms with Crippen LogP contribution in [0.15, 0.2) is 48.5 Å². The molecule has 0 radical (unpaired) electrons. The number of hydrogen-bond acceptors (Lipinski definition) is 23. The molecule has 9 N–H and O–H groups in total. The van der Waals surface area contributed by atoms with E-state index in [4.69, 9.17) is 40.0 Å². The highest BCUT2D eigenvalue weighted by atomic mass is 35.5. The first-order chi connectivity index (χ1) is 57.8. The number of phenolic OH excluding ortho intramolecular Hbond substituents is 2. The Morgan fingerprint density at radius 2 is 0.815 bits per heavy atom. The van der Waals surface area contributed by atoms with Gasteiger partial charge in [-0.25, -0.2) is 0 Å². The van der Waals surface area contributed by atoms with Gasteiger partial charge in [-0.15, -0.1) is 0 Å². The summed E-state index contributed by atoms with van der Waals surface area (Å²) in [5, 5.41) is 93.7. The van der Waals surface area contributed by atoms with E-state index >= 15 is 0 Å². The number of nitrogens with one attached hydrogen (secondary N) is 1. The van der Waals surface area contributed by atoms with Crippen LogP contribution in [-0.4, -0.2) is 212 Å². The molecule has 4 aromatic rings. The Balaban J connectivity index is 0.000000110. The molecular formula is C98H127ClN4O21. The lowest BCUT2D eigenvalue weighted by Crippen LogP contribution is -2.77. The predicted molar refractivity (Wildman–Crippen MR) is 457 cm³/mol. The van der Waals surface area contributed by atoms with Crippen LogP contribution in [0.4, 0.5) is 0 Å². The van der Waals surface area contributed by atoms with E-state index in [0.717, 1.165) is 167 Å². The number of aromatic hydroxyl groups is 2. The van der Waals surface area contributed by atoms with Gasteiger partial charge in [0.15, 0.2) is 69.8 Å². The second-order valence-corrected chi connectivity index (χ2v) is 40.4. The number of nitrogens with zero attached hydrogens (tertiary/aromatic N) is 3. The van der Waals surface area contributed by atoms with E-state index in [2.05, 4.69) is 10.2 Å². The van der Waals surface area contributed by atoms with Crippen molar-refractivity contribution in [3.05, 3.63) is 93.0 Å². The number of rotatable bonds is 9. The molecule has 124 heavy (non-hydrogen) atoms. The van der Waals surface area contributed by atoms with Crippen LogP contribution in [0.1, 0.15) is 267 Å². The van der Waals surface area contributed by atoms with Crippen molar-refractivity contribution < 1.29 is 103 Å². The standard InChI is InChI=1S/C26H31NO6.C26H29NO6.C21H27NO4.C16H17NO4.C5H7ClO.4CH4/c2*28-17-9-10-26(31)19-13-16-7-8-18(32-24(30)15-5-2-6-15)21-20(16)25(26,22(17)33-21)11-12-27(19)23(29)14-3-1-4-14;23-14-5-4-13-10-16-21(25)7-6-15(24)19-20(21,17(13)18(14)26-19)8-9-22(16)11-12-2-1-3-12;18-9-2-1-8-7-11-16(20)4-3-10(19)14-15(16,5-6-17-11)12(8)13(9)21-14;6-5(7)4-2-1-3-4;;;;/h7-8,14-15,17,19,22,28,31H,1-6,9-13H2;7-8,14-15,19,22,31H,1-6,9-13H2;4-5,12,15-16,19,23-25H,1-3,6-11H2;1-2,11,14,17-18,20H,3-7H2;4H,1-3H2;4*1H4/t17-,19+,22-,25-,26+;19-,22+,25+,26-;15-,16+,19-,20-,21+;11-,14+,15+,16-;;;;;/m0101...../s1. The monoisotopic (exact) mass is 1730 g/mol. The molecule has 18 atom stereocenters. The molecule has 4 saturated heterocycles. The Morgan fingerprint density at radius 1 is 0.427 bits per heavy atom. The molecule has 8 bridgehead atoms. The summed E-state index contributed by atoms with van der Waals surface area (Å²) in [6.45, 7) is 3.84. The highest BCUT2D eigenvalue weighted by Gasteiger charge is 2.78. The first-order valence-corrected chi connectivity index (χ1v) is 45.9. The van der Waals surface area contributed by atoms with Gasteiger partial charge in [0.2, 0.25) is 17.1 Å². The zero-order valence-electron chi connectivity index (χ0n) is 68.0. The molecule has 8 heterocycles. The van der Waals surface area contributed by atoms with Crippen LogP contribution in [0.5, 0.6) is 46.0 Å². The predicted octanol–water partition coefficient (Wildman–Crippen LogP) is 10.9. The van der Waals surface area contributed by atoms with Crippen molar-refractivity contribution in [1.82, 2.24) is 20.0 Å². The van der Waals surface area contributed by atoms with Crippen LogP contribution >= 0.6 is 11.6 Å². The molecule has 672 valence electrons. The number of aliphatic hydroxyl groups is 6. The Bertz CT molecular complexity index is 5000. The highest BCUT2D eigenvalue weighted by Crippen LogP contribution is 2.71. The van der Waals surface area contributed by atoms with E-state index < -0.39 is 80.7 Å². The largest absolute Gasteiger partial charge is 0.504 e. The number of hydrogen-bond donors (Lipinski definition) is 9. The summed E-state index contributed by atoms with van der Waals surface area (Å²) in [5.41, 5.74) is 0.757. The summed E-state index contributed by atoms with van der Waals surface area (Å²) < 4.78 is 36.3. The molecule has 8 aliphatic heterocycles. The minimum absolute atomic E-state index is 0. The van der Waals surface area contributed by atoms with Crippen molar-refractivity contribution in [1.29, 1.82) is 0 Å². The van der Waals surface area contributed by atoms with Gasteiger partial charge in [0.1, 0.15) is 12.2 Å². The molecule has 0 aromatic heterocycles. The van der Waals surface area contributed by atoms with Gasteiger partial charge in [0.05, 0.1) is 80.2 Å². The minimum Gasteiger partial charge on any atom is -0.504 e.